The maximum absolute atomic E-state index is 12.9. The Hall–Kier alpha value is -1.65. The predicted octanol–water partition coefficient (Wildman–Crippen LogP) is 3.84. The number of hydrogen-bond donors (Lipinski definition) is 0. The van der Waals surface area contributed by atoms with Gasteiger partial charge in [0, 0.05) is 11.4 Å². The maximum atomic E-state index is 12.9. The van der Waals surface area contributed by atoms with Gasteiger partial charge >= 0.3 is 0 Å². The standard InChI is InChI=1S/C19H21NO2S/c21-19(18-12-15-8-4-5-9-17(15)23-18)20-10-11-22-16(13-20)14-6-2-1-3-7-14/h1-3,6-7,12,16H,4-5,8-11,13H2. The molecule has 4 rings (SSSR count). The van der Waals surface area contributed by atoms with Crippen molar-refractivity contribution in [2.24, 2.45) is 0 Å². The number of thiophene rings is 1. The molecule has 1 atom stereocenters. The molecule has 1 fully saturated rings. The van der Waals surface area contributed by atoms with Crippen molar-refractivity contribution in [2.45, 2.75) is 31.8 Å². The summed E-state index contributed by atoms with van der Waals surface area (Å²) in [6.07, 6.45) is 4.78. The predicted molar refractivity (Wildman–Crippen MR) is 92.0 cm³/mol. The summed E-state index contributed by atoms with van der Waals surface area (Å²) in [5, 5.41) is 0. The van der Waals surface area contributed by atoms with E-state index in [9.17, 15) is 4.79 Å². The lowest BCUT2D eigenvalue weighted by molar-refractivity contribution is -0.0226. The lowest BCUT2D eigenvalue weighted by atomic mass is 9.99. The summed E-state index contributed by atoms with van der Waals surface area (Å²) in [6.45, 7) is 1.94. The number of amides is 1. The highest BCUT2D eigenvalue weighted by molar-refractivity contribution is 7.14. The third kappa shape index (κ3) is 3.06. The van der Waals surface area contributed by atoms with Gasteiger partial charge < -0.3 is 9.64 Å². The molecule has 2 aromatic rings. The fraction of sp³-hybridized carbons (Fsp3) is 0.421. The van der Waals surface area contributed by atoms with Crippen LogP contribution >= 0.6 is 11.3 Å². The van der Waals surface area contributed by atoms with Crippen molar-refractivity contribution in [2.75, 3.05) is 19.7 Å². The van der Waals surface area contributed by atoms with Gasteiger partial charge in [0.2, 0.25) is 0 Å². The van der Waals surface area contributed by atoms with Crippen LogP contribution < -0.4 is 0 Å². The third-order valence-corrected chi connectivity index (χ3v) is 5.96. The third-order valence-electron chi connectivity index (χ3n) is 4.73. The first-order chi connectivity index (χ1) is 11.3. The fourth-order valence-corrected chi connectivity index (χ4v) is 4.68. The van der Waals surface area contributed by atoms with Crippen LogP contribution in [0.4, 0.5) is 0 Å². The van der Waals surface area contributed by atoms with Crippen LogP contribution in [0.15, 0.2) is 36.4 Å². The van der Waals surface area contributed by atoms with Crippen LogP contribution in [0, 0.1) is 0 Å². The summed E-state index contributed by atoms with van der Waals surface area (Å²) < 4.78 is 5.87. The molecule has 0 saturated carbocycles. The lowest BCUT2D eigenvalue weighted by Gasteiger charge is -2.33. The molecule has 0 radical (unpaired) electrons. The number of carbonyl (C=O) groups is 1. The highest BCUT2D eigenvalue weighted by Crippen LogP contribution is 2.31. The largest absolute Gasteiger partial charge is 0.370 e. The Labute approximate surface area is 140 Å². The smallest absolute Gasteiger partial charge is 0.264 e. The topological polar surface area (TPSA) is 29.5 Å². The van der Waals surface area contributed by atoms with Crippen molar-refractivity contribution in [3.8, 4) is 0 Å². The molecule has 2 aliphatic rings. The summed E-state index contributed by atoms with van der Waals surface area (Å²) in [6, 6.07) is 12.3. The van der Waals surface area contributed by atoms with Crippen molar-refractivity contribution >= 4 is 17.2 Å². The molecular weight excluding hydrogens is 306 g/mol. The maximum Gasteiger partial charge on any atom is 0.264 e. The molecule has 4 heteroatoms. The first-order valence-corrected chi connectivity index (χ1v) is 9.20. The summed E-state index contributed by atoms with van der Waals surface area (Å²) >= 11 is 1.70. The number of carbonyl (C=O) groups excluding carboxylic acids is 1. The zero-order valence-corrected chi connectivity index (χ0v) is 14.0. The van der Waals surface area contributed by atoms with Gasteiger partial charge in [-0.25, -0.2) is 0 Å². The molecule has 120 valence electrons. The number of benzene rings is 1. The van der Waals surface area contributed by atoms with E-state index < -0.39 is 0 Å². The fourth-order valence-electron chi connectivity index (χ4n) is 3.45. The van der Waals surface area contributed by atoms with E-state index in [1.165, 1.54) is 23.3 Å². The van der Waals surface area contributed by atoms with Crippen LogP contribution in [0.3, 0.4) is 0 Å². The van der Waals surface area contributed by atoms with Gasteiger partial charge in [-0.1, -0.05) is 30.3 Å². The zero-order chi connectivity index (χ0) is 15.6. The van der Waals surface area contributed by atoms with E-state index in [4.69, 9.17) is 4.74 Å². The van der Waals surface area contributed by atoms with E-state index in [1.807, 2.05) is 23.1 Å². The van der Waals surface area contributed by atoms with Gasteiger partial charge in [-0.3, -0.25) is 4.79 Å². The van der Waals surface area contributed by atoms with Gasteiger partial charge in [-0.2, -0.15) is 0 Å². The van der Waals surface area contributed by atoms with Gasteiger partial charge in [0.05, 0.1) is 18.0 Å². The van der Waals surface area contributed by atoms with Crippen LogP contribution in [-0.4, -0.2) is 30.5 Å². The molecule has 1 unspecified atom stereocenters. The molecule has 1 aliphatic heterocycles. The van der Waals surface area contributed by atoms with Crippen molar-refractivity contribution in [1.82, 2.24) is 4.90 Å². The van der Waals surface area contributed by atoms with Crippen LogP contribution in [0.25, 0.3) is 0 Å². The lowest BCUT2D eigenvalue weighted by Crippen LogP contribution is -2.42. The molecule has 0 bridgehead atoms. The second kappa shape index (κ2) is 6.46. The highest BCUT2D eigenvalue weighted by Gasteiger charge is 2.27. The number of hydrogen-bond acceptors (Lipinski definition) is 3. The molecule has 3 nitrogen and oxygen atoms in total. The SMILES string of the molecule is O=C(c1cc2c(s1)CCCC2)N1CCOC(c2ccccc2)C1. The minimum atomic E-state index is -0.0107. The summed E-state index contributed by atoms with van der Waals surface area (Å²) in [5.74, 6) is 0.175. The molecule has 1 saturated heterocycles. The average Bonchev–Trinajstić information content (AvgIpc) is 3.06. The van der Waals surface area contributed by atoms with Crippen molar-refractivity contribution in [3.05, 3.63) is 57.3 Å². The Morgan fingerprint density at radius 3 is 2.83 bits per heavy atom. The molecule has 1 aromatic heterocycles. The van der Waals surface area contributed by atoms with Crippen LogP contribution in [-0.2, 0) is 17.6 Å². The quantitative estimate of drug-likeness (QED) is 0.839. The van der Waals surface area contributed by atoms with E-state index >= 15 is 0 Å². The van der Waals surface area contributed by atoms with Gasteiger partial charge in [-0.05, 0) is 42.9 Å². The molecule has 23 heavy (non-hydrogen) atoms. The van der Waals surface area contributed by atoms with Gasteiger partial charge in [0.15, 0.2) is 0 Å². The Bertz CT molecular complexity index is 671. The van der Waals surface area contributed by atoms with Gasteiger partial charge in [-0.15, -0.1) is 11.3 Å². The summed E-state index contributed by atoms with van der Waals surface area (Å²) in [4.78, 5) is 17.2. The van der Waals surface area contributed by atoms with Crippen LogP contribution in [0.1, 0.15) is 44.6 Å². The van der Waals surface area contributed by atoms with E-state index in [1.54, 1.807) is 11.3 Å². The van der Waals surface area contributed by atoms with E-state index in [-0.39, 0.29) is 12.0 Å². The first-order valence-electron chi connectivity index (χ1n) is 8.38. The zero-order valence-electron chi connectivity index (χ0n) is 13.2. The summed E-state index contributed by atoms with van der Waals surface area (Å²) in [5.41, 5.74) is 2.55. The van der Waals surface area contributed by atoms with Crippen LogP contribution in [0.5, 0.6) is 0 Å². The summed E-state index contributed by atoms with van der Waals surface area (Å²) in [7, 11) is 0. The van der Waals surface area contributed by atoms with E-state index in [2.05, 4.69) is 18.2 Å². The Morgan fingerprint density at radius 2 is 2.00 bits per heavy atom. The molecule has 0 spiro atoms. The second-order valence-corrected chi connectivity index (χ2v) is 7.42. The second-order valence-electron chi connectivity index (χ2n) is 6.29. The van der Waals surface area contributed by atoms with Gasteiger partial charge in [0.25, 0.3) is 5.91 Å². The minimum absolute atomic E-state index is 0.0107. The number of morpholine rings is 1. The number of nitrogens with zero attached hydrogens (tertiary/aromatic N) is 1. The number of aryl methyl sites for hydroxylation is 2. The van der Waals surface area contributed by atoms with Crippen LogP contribution in [0.2, 0.25) is 0 Å². The van der Waals surface area contributed by atoms with Gasteiger partial charge in [0.1, 0.15) is 6.10 Å². The van der Waals surface area contributed by atoms with E-state index in [0.717, 1.165) is 23.3 Å². The van der Waals surface area contributed by atoms with E-state index in [0.29, 0.717) is 19.7 Å². The number of ether oxygens (including phenoxy) is 1. The molecular formula is C19H21NO2S. The molecule has 1 aliphatic carbocycles. The highest BCUT2D eigenvalue weighted by atomic mass is 32.1. The van der Waals surface area contributed by atoms with Crippen molar-refractivity contribution < 1.29 is 9.53 Å². The number of rotatable bonds is 2. The molecule has 1 amide bonds. The Kier molecular flexibility index (Phi) is 4.19. The Morgan fingerprint density at radius 1 is 1.17 bits per heavy atom. The van der Waals surface area contributed by atoms with Crippen molar-refractivity contribution in [1.29, 1.82) is 0 Å². The molecule has 2 heterocycles. The monoisotopic (exact) mass is 327 g/mol. The minimum Gasteiger partial charge on any atom is -0.370 e. The first kappa shape index (κ1) is 14.9. The average molecular weight is 327 g/mol. The normalized spacial score (nSPS) is 21.0. The Balaban J connectivity index is 1.51. The molecule has 0 N–H and O–H groups in total. The molecule has 1 aromatic carbocycles. The number of fused-ring (bicyclic) bond motifs is 1. The van der Waals surface area contributed by atoms with Crippen molar-refractivity contribution in [3.63, 3.8) is 0 Å².